The van der Waals surface area contributed by atoms with Crippen LogP contribution in [-0.2, 0) is 0 Å². The van der Waals surface area contributed by atoms with Crippen molar-refractivity contribution in [3.8, 4) is 0 Å². The summed E-state index contributed by atoms with van der Waals surface area (Å²) in [6, 6.07) is 8.07. The highest BCUT2D eigenvalue weighted by Gasteiger charge is 2.17. The van der Waals surface area contributed by atoms with E-state index in [1.807, 2.05) is 17.0 Å². The van der Waals surface area contributed by atoms with Crippen LogP contribution >= 0.6 is 22.6 Å². The van der Waals surface area contributed by atoms with Crippen LogP contribution in [0.25, 0.3) is 0 Å². The molecule has 4 heteroatoms. The number of anilines is 1. The second-order valence-corrected chi connectivity index (χ2v) is 10.6. The van der Waals surface area contributed by atoms with E-state index in [-0.39, 0.29) is 5.91 Å². The molecule has 0 bridgehead atoms. The molecule has 170 valence electrons. The number of rotatable bonds is 15. The molecule has 0 radical (unpaired) electrons. The molecule has 30 heavy (non-hydrogen) atoms. The quantitative estimate of drug-likeness (QED) is 0.143. The van der Waals surface area contributed by atoms with Crippen LogP contribution in [0.5, 0.6) is 0 Å². The third-order valence-electron chi connectivity index (χ3n) is 6.17. The van der Waals surface area contributed by atoms with Gasteiger partial charge in [0.1, 0.15) is 0 Å². The van der Waals surface area contributed by atoms with Gasteiger partial charge in [-0.25, -0.2) is 0 Å². The lowest BCUT2D eigenvalue weighted by Crippen LogP contribution is -2.35. The van der Waals surface area contributed by atoms with Crippen molar-refractivity contribution < 1.29 is 4.79 Å². The van der Waals surface area contributed by atoms with E-state index in [0.29, 0.717) is 3.92 Å². The van der Waals surface area contributed by atoms with Crippen LogP contribution in [0.3, 0.4) is 0 Å². The Bertz CT molecular complexity index is 569. The highest BCUT2D eigenvalue weighted by Crippen LogP contribution is 2.18. The van der Waals surface area contributed by atoms with Gasteiger partial charge in [0.15, 0.2) is 0 Å². The van der Waals surface area contributed by atoms with E-state index in [0.717, 1.165) is 43.7 Å². The van der Waals surface area contributed by atoms with E-state index in [1.54, 1.807) is 0 Å². The first-order valence-electron chi connectivity index (χ1n) is 12.5. The summed E-state index contributed by atoms with van der Waals surface area (Å²) in [4.78, 5) is 14.6. The minimum absolute atomic E-state index is 0.189. The van der Waals surface area contributed by atoms with Gasteiger partial charge in [-0.2, -0.15) is 0 Å². The molecule has 0 spiro atoms. The molecule has 1 heterocycles. The monoisotopic (exact) mass is 526 g/mol. The van der Waals surface area contributed by atoms with Crippen molar-refractivity contribution >= 4 is 34.2 Å². The van der Waals surface area contributed by atoms with Crippen LogP contribution in [0.4, 0.5) is 5.69 Å². The lowest BCUT2D eigenvalue weighted by molar-refractivity contribution is 0.0724. The molecule has 1 aromatic rings. The van der Waals surface area contributed by atoms with E-state index in [1.165, 1.54) is 77.0 Å². The highest BCUT2D eigenvalue weighted by molar-refractivity contribution is 14.1. The highest BCUT2D eigenvalue weighted by atomic mass is 127. The van der Waals surface area contributed by atoms with Crippen LogP contribution in [0, 0.1) is 0 Å². The molecule has 1 aliphatic rings. The largest absolute Gasteiger partial charge is 0.384 e. The van der Waals surface area contributed by atoms with E-state index >= 15 is 0 Å². The first-order chi connectivity index (χ1) is 14.7. The van der Waals surface area contributed by atoms with Crippen molar-refractivity contribution in [2.24, 2.45) is 0 Å². The van der Waals surface area contributed by atoms with Gasteiger partial charge in [-0.05, 0) is 49.9 Å². The number of amides is 1. The molecular weight excluding hydrogens is 483 g/mol. The van der Waals surface area contributed by atoms with Gasteiger partial charge in [-0.15, -0.1) is 0 Å². The van der Waals surface area contributed by atoms with Crippen molar-refractivity contribution in [2.45, 2.75) is 101 Å². The van der Waals surface area contributed by atoms with E-state index in [9.17, 15) is 4.79 Å². The molecule has 1 saturated heterocycles. The van der Waals surface area contributed by atoms with Gasteiger partial charge >= 0.3 is 0 Å². The summed E-state index contributed by atoms with van der Waals surface area (Å²) in [5.41, 5.74) is 1.94. The van der Waals surface area contributed by atoms with Crippen molar-refractivity contribution in [2.75, 3.05) is 25.0 Å². The number of carbonyl (C=O) groups excluding carboxylic acids is 1. The van der Waals surface area contributed by atoms with E-state index in [4.69, 9.17) is 0 Å². The molecule has 1 N–H and O–H groups in total. The maximum Gasteiger partial charge on any atom is 0.253 e. The first-order valence-corrected chi connectivity index (χ1v) is 13.7. The van der Waals surface area contributed by atoms with E-state index < -0.39 is 0 Å². The molecule has 2 rings (SSSR count). The minimum atomic E-state index is 0.189. The Hall–Kier alpha value is -0.780. The number of nitrogens with zero attached hydrogens (tertiary/aromatic N) is 1. The summed E-state index contributed by atoms with van der Waals surface area (Å²) in [5.74, 6) is 0.189. The SMILES string of the molecule is CCCCCCCCCCCCC(I)CNc1ccc(C(=O)N2CCCCC2)cc1. The number of benzene rings is 1. The zero-order chi connectivity index (χ0) is 21.4. The average Bonchev–Trinajstić information content (AvgIpc) is 2.79. The van der Waals surface area contributed by atoms with Gasteiger partial charge < -0.3 is 10.2 Å². The molecule has 1 unspecified atom stereocenters. The summed E-state index contributed by atoms with van der Waals surface area (Å²) in [6.45, 7) is 5.10. The number of carbonyl (C=O) groups is 1. The number of nitrogens with one attached hydrogen (secondary N) is 1. The fourth-order valence-corrected chi connectivity index (χ4v) is 4.85. The fraction of sp³-hybridized carbons (Fsp3) is 0.731. The first kappa shape index (κ1) is 25.5. The average molecular weight is 527 g/mol. The van der Waals surface area contributed by atoms with Crippen LogP contribution in [0.15, 0.2) is 24.3 Å². The molecule has 1 aromatic carbocycles. The van der Waals surface area contributed by atoms with E-state index in [2.05, 4.69) is 47.0 Å². The van der Waals surface area contributed by atoms with Gasteiger partial charge in [0, 0.05) is 34.8 Å². The van der Waals surface area contributed by atoms with Gasteiger partial charge in [0.2, 0.25) is 0 Å². The smallest absolute Gasteiger partial charge is 0.253 e. The van der Waals surface area contributed by atoms with Crippen molar-refractivity contribution in [1.82, 2.24) is 4.90 Å². The molecule has 1 amide bonds. The molecule has 0 aliphatic carbocycles. The third kappa shape index (κ3) is 10.5. The molecule has 1 fully saturated rings. The van der Waals surface area contributed by atoms with Crippen LogP contribution < -0.4 is 5.32 Å². The normalized spacial score (nSPS) is 15.2. The second kappa shape index (κ2) is 15.9. The van der Waals surface area contributed by atoms with Gasteiger partial charge in [-0.3, -0.25) is 4.79 Å². The van der Waals surface area contributed by atoms with Crippen LogP contribution in [0.2, 0.25) is 0 Å². The molecular formula is C26H43IN2O. The molecule has 3 nitrogen and oxygen atoms in total. The number of halogens is 1. The van der Waals surface area contributed by atoms with Gasteiger partial charge in [-0.1, -0.05) is 93.7 Å². The molecule has 1 aliphatic heterocycles. The number of piperidine rings is 1. The summed E-state index contributed by atoms with van der Waals surface area (Å²) in [7, 11) is 0. The Balaban J connectivity index is 1.52. The number of likely N-dealkylation sites (tertiary alicyclic amines) is 1. The lowest BCUT2D eigenvalue weighted by Gasteiger charge is -2.26. The van der Waals surface area contributed by atoms with Crippen LogP contribution in [-0.4, -0.2) is 34.4 Å². The standard InChI is InChI=1S/C26H43IN2O/c1-2-3-4-5-6-7-8-9-10-12-15-24(27)22-28-25-18-16-23(17-19-25)26(30)29-20-13-11-14-21-29/h16-19,24,28H,2-15,20-22H2,1H3. The predicted molar refractivity (Wildman–Crippen MR) is 139 cm³/mol. The molecule has 1 atom stereocenters. The Morgan fingerprint density at radius 3 is 2.07 bits per heavy atom. The second-order valence-electron chi connectivity index (χ2n) is 8.88. The van der Waals surface area contributed by atoms with Gasteiger partial charge in [0.05, 0.1) is 0 Å². The molecule has 0 saturated carbocycles. The summed E-state index contributed by atoms with van der Waals surface area (Å²) in [6.07, 6.45) is 18.8. The van der Waals surface area contributed by atoms with Gasteiger partial charge in [0.25, 0.3) is 5.91 Å². The zero-order valence-electron chi connectivity index (χ0n) is 19.1. The third-order valence-corrected chi connectivity index (χ3v) is 7.24. The Kier molecular flexibility index (Phi) is 13.5. The van der Waals surface area contributed by atoms with Crippen molar-refractivity contribution in [3.63, 3.8) is 0 Å². The number of alkyl halides is 1. The molecule has 0 aromatic heterocycles. The Morgan fingerprint density at radius 1 is 0.900 bits per heavy atom. The Morgan fingerprint density at radius 2 is 1.47 bits per heavy atom. The summed E-state index contributed by atoms with van der Waals surface area (Å²) < 4.78 is 0.659. The number of hydrogen-bond donors (Lipinski definition) is 1. The number of unbranched alkanes of at least 4 members (excludes halogenated alkanes) is 9. The maximum atomic E-state index is 12.6. The fourth-order valence-electron chi connectivity index (χ4n) is 4.19. The summed E-state index contributed by atoms with van der Waals surface area (Å²) in [5, 5.41) is 3.54. The van der Waals surface area contributed by atoms with Crippen molar-refractivity contribution in [1.29, 1.82) is 0 Å². The van der Waals surface area contributed by atoms with Crippen LogP contribution in [0.1, 0.15) is 107 Å². The topological polar surface area (TPSA) is 32.3 Å². The zero-order valence-corrected chi connectivity index (χ0v) is 21.3. The minimum Gasteiger partial charge on any atom is -0.384 e. The Labute approximate surface area is 198 Å². The van der Waals surface area contributed by atoms with Crippen molar-refractivity contribution in [3.05, 3.63) is 29.8 Å². The summed E-state index contributed by atoms with van der Waals surface area (Å²) >= 11 is 2.58. The maximum absolute atomic E-state index is 12.6. The number of hydrogen-bond acceptors (Lipinski definition) is 2. The lowest BCUT2D eigenvalue weighted by atomic mass is 10.1. The predicted octanol–water partition coefficient (Wildman–Crippen LogP) is 7.84.